The highest BCUT2D eigenvalue weighted by Gasteiger charge is 2.26. The summed E-state index contributed by atoms with van der Waals surface area (Å²) in [6, 6.07) is 12.4. The Morgan fingerprint density at radius 1 is 1.07 bits per heavy atom. The molecule has 0 bridgehead atoms. The summed E-state index contributed by atoms with van der Waals surface area (Å²) in [6.45, 7) is 9.54. The van der Waals surface area contributed by atoms with E-state index in [4.69, 9.17) is 9.51 Å². The molecule has 5 rings (SSSR count). The van der Waals surface area contributed by atoms with Crippen LogP contribution in [0.1, 0.15) is 64.5 Å². The smallest absolute Gasteiger partial charge is 0.276 e. The molecule has 4 N–H and O–H groups in total. The zero-order valence-electron chi connectivity index (χ0n) is 24.2. The van der Waals surface area contributed by atoms with E-state index in [-0.39, 0.29) is 35.9 Å². The molecule has 1 aromatic carbocycles. The lowest BCUT2D eigenvalue weighted by atomic mass is 10.1. The van der Waals surface area contributed by atoms with Crippen LogP contribution in [0.25, 0.3) is 22.5 Å². The van der Waals surface area contributed by atoms with Gasteiger partial charge in [-0.1, -0.05) is 42.4 Å². The van der Waals surface area contributed by atoms with Crippen molar-refractivity contribution in [1.82, 2.24) is 34.5 Å². The molecule has 0 amide bonds. The van der Waals surface area contributed by atoms with Gasteiger partial charge in [-0.15, -0.1) is 0 Å². The first kappa shape index (κ1) is 28.9. The molecule has 0 unspecified atom stereocenters. The summed E-state index contributed by atoms with van der Waals surface area (Å²) in [6.07, 6.45) is 2.33. The number of fused-ring (bicyclic) bond motifs is 1. The van der Waals surface area contributed by atoms with Gasteiger partial charge >= 0.3 is 0 Å². The van der Waals surface area contributed by atoms with E-state index >= 15 is 0 Å². The van der Waals surface area contributed by atoms with Crippen LogP contribution in [0.15, 0.2) is 58.0 Å². The molecule has 0 spiro atoms. The van der Waals surface area contributed by atoms with Crippen LogP contribution >= 0.6 is 0 Å². The second kappa shape index (κ2) is 11.7. The van der Waals surface area contributed by atoms with Crippen LogP contribution in [0.5, 0.6) is 0 Å². The zero-order chi connectivity index (χ0) is 30.0. The zero-order valence-corrected chi connectivity index (χ0v) is 24.2. The minimum absolute atomic E-state index is 0.0208. The molecule has 13 heteroatoms. The highest BCUT2D eigenvalue weighted by Crippen LogP contribution is 2.31. The molecule has 0 fully saturated rings. The summed E-state index contributed by atoms with van der Waals surface area (Å²) >= 11 is 0. The normalized spacial score (nSPS) is 12.7. The van der Waals surface area contributed by atoms with Crippen molar-refractivity contribution in [3.63, 3.8) is 0 Å². The van der Waals surface area contributed by atoms with E-state index in [1.807, 2.05) is 55.8 Å². The molecule has 4 aromatic heterocycles. The van der Waals surface area contributed by atoms with E-state index in [2.05, 4.69) is 30.7 Å². The average molecular weight is 574 g/mol. The summed E-state index contributed by atoms with van der Waals surface area (Å²) in [5, 5.41) is 31.4. The lowest BCUT2D eigenvalue weighted by molar-refractivity contribution is 0.0661. The van der Waals surface area contributed by atoms with E-state index in [0.717, 1.165) is 12.0 Å². The number of aromatic nitrogens is 7. The van der Waals surface area contributed by atoms with E-state index in [0.29, 0.717) is 34.8 Å². The highest BCUT2D eigenvalue weighted by molar-refractivity contribution is 5.77. The van der Waals surface area contributed by atoms with Crippen molar-refractivity contribution in [3.8, 4) is 11.5 Å². The Balaban J connectivity index is 1.55. The Labute approximate surface area is 242 Å². The maximum atomic E-state index is 13.0. The first-order valence-electron chi connectivity index (χ1n) is 13.9. The third-order valence-electron chi connectivity index (χ3n) is 6.67. The Bertz CT molecular complexity index is 1740. The molecule has 42 heavy (non-hydrogen) atoms. The van der Waals surface area contributed by atoms with Crippen molar-refractivity contribution in [2.45, 2.75) is 65.3 Å². The second-order valence-corrected chi connectivity index (χ2v) is 10.8. The van der Waals surface area contributed by atoms with Gasteiger partial charge in [-0.25, -0.2) is 14.6 Å². The van der Waals surface area contributed by atoms with Gasteiger partial charge in [-0.3, -0.25) is 9.48 Å². The number of aliphatic hydroxyl groups excluding tert-OH is 1. The number of pyridine rings is 1. The Morgan fingerprint density at radius 2 is 1.83 bits per heavy atom. The molecule has 220 valence electrons. The number of nitrogens with zero attached hydrogens (tertiary/aromatic N) is 7. The largest absolute Gasteiger partial charge is 0.394 e. The fraction of sp³-hybridized carbons (Fsp3) is 0.379. The van der Waals surface area contributed by atoms with Crippen molar-refractivity contribution in [3.05, 3.63) is 70.4 Å². The molecule has 0 saturated carbocycles. The standard InChI is InChI=1S/C29H35N9O4/c1-6-14-37-26(40)19-12-13-22(32-24(19)38(37)17(2)3)33-28-30-15-20(25-35-27(36-42-25)29(4,5)41)23(34-28)31-21(16-39)18-10-8-7-9-11-18/h7-13,15,17,21,39,41H,6,14,16H2,1-5H3,(H2,30,31,32,33,34)/t21-/m1/s1. The highest BCUT2D eigenvalue weighted by atomic mass is 16.5. The molecule has 1 atom stereocenters. The third-order valence-corrected chi connectivity index (χ3v) is 6.67. The Hall–Kier alpha value is -4.62. The Kier molecular flexibility index (Phi) is 8.05. The molecular weight excluding hydrogens is 538 g/mol. The van der Waals surface area contributed by atoms with Gasteiger partial charge in [0.2, 0.25) is 11.8 Å². The number of anilines is 3. The summed E-state index contributed by atoms with van der Waals surface area (Å²) < 4.78 is 9.08. The van der Waals surface area contributed by atoms with Gasteiger partial charge in [0.15, 0.2) is 5.65 Å². The van der Waals surface area contributed by atoms with Crippen LogP contribution in [0.2, 0.25) is 0 Å². The molecule has 0 aliphatic rings. The Morgan fingerprint density at radius 3 is 2.48 bits per heavy atom. The van der Waals surface area contributed by atoms with Crippen LogP contribution in [0, 0.1) is 0 Å². The van der Waals surface area contributed by atoms with Gasteiger partial charge in [0.25, 0.3) is 11.4 Å². The number of hydrogen-bond donors (Lipinski definition) is 4. The van der Waals surface area contributed by atoms with Gasteiger partial charge < -0.3 is 25.4 Å². The molecule has 0 radical (unpaired) electrons. The predicted molar refractivity (Wildman–Crippen MR) is 158 cm³/mol. The lowest BCUT2D eigenvalue weighted by Gasteiger charge is -2.19. The van der Waals surface area contributed by atoms with Crippen LogP contribution in [-0.2, 0) is 12.1 Å². The van der Waals surface area contributed by atoms with Gasteiger partial charge in [-0.05, 0) is 51.8 Å². The van der Waals surface area contributed by atoms with E-state index in [9.17, 15) is 15.0 Å². The van der Waals surface area contributed by atoms with Gasteiger partial charge in [0, 0.05) is 18.8 Å². The summed E-state index contributed by atoms with van der Waals surface area (Å²) in [5.41, 5.74) is 0.404. The van der Waals surface area contributed by atoms with E-state index in [1.54, 1.807) is 30.7 Å². The average Bonchev–Trinajstić information content (AvgIpc) is 3.56. The van der Waals surface area contributed by atoms with Crippen LogP contribution in [-0.4, -0.2) is 51.3 Å². The number of aliphatic hydroxyl groups is 2. The fourth-order valence-corrected chi connectivity index (χ4v) is 4.64. The summed E-state index contributed by atoms with van der Waals surface area (Å²) in [5.74, 6) is 1.19. The number of rotatable bonds is 11. The van der Waals surface area contributed by atoms with Gasteiger partial charge in [0.05, 0.1) is 18.0 Å². The van der Waals surface area contributed by atoms with Crippen molar-refractivity contribution in [2.75, 3.05) is 17.2 Å². The summed E-state index contributed by atoms with van der Waals surface area (Å²) in [7, 11) is 0. The van der Waals surface area contributed by atoms with E-state index in [1.165, 1.54) is 6.20 Å². The van der Waals surface area contributed by atoms with Crippen molar-refractivity contribution < 1.29 is 14.7 Å². The predicted octanol–water partition coefficient (Wildman–Crippen LogP) is 4.15. The first-order chi connectivity index (χ1) is 20.1. The van der Waals surface area contributed by atoms with Crippen LogP contribution < -0.4 is 16.2 Å². The molecule has 0 aliphatic heterocycles. The molecule has 4 heterocycles. The third kappa shape index (κ3) is 5.74. The van der Waals surface area contributed by atoms with Crippen LogP contribution in [0.3, 0.4) is 0 Å². The maximum absolute atomic E-state index is 13.0. The van der Waals surface area contributed by atoms with Crippen molar-refractivity contribution in [1.29, 1.82) is 0 Å². The molecule has 0 saturated heterocycles. The minimum Gasteiger partial charge on any atom is -0.394 e. The van der Waals surface area contributed by atoms with Crippen molar-refractivity contribution in [2.24, 2.45) is 0 Å². The topological polar surface area (TPSA) is 169 Å². The van der Waals surface area contributed by atoms with Gasteiger partial charge in [0.1, 0.15) is 22.8 Å². The number of benzene rings is 1. The lowest BCUT2D eigenvalue weighted by Crippen LogP contribution is -2.24. The monoisotopic (exact) mass is 573 g/mol. The first-order valence-corrected chi connectivity index (χ1v) is 13.9. The maximum Gasteiger partial charge on any atom is 0.276 e. The van der Waals surface area contributed by atoms with E-state index < -0.39 is 11.6 Å². The molecule has 5 aromatic rings. The second-order valence-electron chi connectivity index (χ2n) is 10.8. The van der Waals surface area contributed by atoms with Crippen LogP contribution in [0.4, 0.5) is 17.6 Å². The number of nitrogens with one attached hydrogen (secondary N) is 2. The molecule has 0 aliphatic carbocycles. The summed E-state index contributed by atoms with van der Waals surface area (Å²) in [4.78, 5) is 31.2. The molecular formula is C29H35N9O4. The quantitative estimate of drug-likeness (QED) is 0.179. The fourth-order valence-electron chi connectivity index (χ4n) is 4.64. The number of hydrogen-bond acceptors (Lipinski definition) is 11. The molecule has 13 nitrogen and oxygen atoms in total. The SMILES string of the molecule is CCCn1c(=O)c2ccc(Nc3ncc(-c4nc(C(C)(C)O)no4)c(N[C@H](CO)c4ccccc4)n3)nc2n1C(C)C. The van der Waals surface area contributed by atoms with Crippen molar-refractivity contribution >= 4 is 28.6 Å². The minimum atomic E-state index is -1.31. The van der Waals surface area contributed by atoms with Gasteiger partial charge in [-0.2, -0.15) is 9.97 Å².